The summed E-state index contributed by atoms with van der Waals surface area (Å²) in [5.41, 5.74) is 8.20. The van der Waals surface area contributed by atoms with Crippen LogP contribution >= 0.6 is 0 Å². The second kappa shape index (κ2) is 6.37. The van der Waals surface area contributed by atoms with Gasteiger partial charge in [-0.3, -0.25) is 4.98 Å². The summed E-state index contributed by atoms with van der Waals surface area (Å²) in [5, 5.41) is 6.34. The van der Waals surface area contributed by atoms with E-state index in [1.165, 1.54) is 0 Å². The number of nitrogens with one attached hydrogen (secondary N) is 1. The molecular formula is C19H23N5O. The van der Waals surface area contributed by atoms with Gasteiger partial charge < -0.3 is 20.7 Å². The van der Waals surface area contributed by atoms with E-state index in [9.17, 15) is 0 Å². The third kappa shape index (κ3) is 2.62. The van der Waals surface area contributed by atoms with Gasteiger partial charge in [0.1, 0.15) is 5.82 Å². The smallest absolute Gasteiger partial charge is 0.174 e. The van der Waals surface area contributed by atoms with Crippen LogP contribution in [0.25, 0.3) is 21.7 Å². The van der Waals surface area contributed by atoms with Crippen LogP contribution in [0.4, 0.5) is 11.6 Å². The quantitative estimate of drug-likeness (QED) is 0.715. The number of hydrogen-bond acceptors (Lipinski definition) is 6. The minimum atomic E-state index is 0.516. The molecule has 4 rings (SSSR count). The molecule has 1 aliphatic rings. The van der Waals surface area contributed by atoms with Gasteiger partial charge in [0, 0.05) is 48.0 Å². The fraction of sp³-hybridized carbons (Fsp3) is 0.368. The molecule has 1 fully saturated rings. The van der Waals surface area contributed by atoms with Gasteiger partial charge in [0.05, 0.1) is 12.1 Å². The molecule has 0 unspecified atom stereocenters. The molecular weight excluding hydrogens is 314 g/mol. The lowest BCUT2D eigenvalue weighted by Crippen LogP contribution is -2.44. The third-order valence-electron chi connectivity index (χ3n) is 4.69. The number of nitrogen functional groups attached to an aromatic ring is 1. The fourth-order valence-electron chi connectivity index (χ4n) is 3.59. The van der Waals surface area contributed by atoms with Crippen molar-refractivity contribution in [2.24, 2.45) is 0 Å². The van der Waals surface area contributed by atoms with Crippen LogP contribution in [0.1, 0.15) is 12.6 Å². The van der Waals surface area contributed by atoms with E-state index >= 15 is 0 Å². The number of nitrogens with two attached hydrogens (primary N) is 1. The zero-order valence-electron chi connectivity index (χ0n) is 14.7. The summed E-state index contributed by atoms with van der Waals surface area (Å²) in [6.45, 7) is 8.20. The third-order valence-corrected chi connectivity index (χ3v) is 4.69. The maximum Gasteiger partial charge on any atom is 0.174 e. The number of aromatic nitrogens is 2. The van der Waals surface area contributed by atoms with E-state index in [2.05, 4.69) is 16.3 Å². The Bertz CT molecular complexity index is 934. The van der Waals surface area contributed by atoms with Gasteiger partial charge in [-0.25, -0.2) is 4.98 Å². The second-order valence-electron chi connectivity index (χ2n) is 6.28. The molecule has 1 saturated heterocycles. The Morgan fingerprint density at radius 2 is 1.92 bits per heavy atom. The largest absolute Gasteiger partial charge is 0.489 e. The number of hydrogen-bond donors (Lipinski definition) is 2. The minimum absolute atomic E-state index is 0.516. The van der Waals surface area contributed by atoms with Crippen molar-refractivity contribution in [1.29, 1.82) is 0 Å². The molecule has 25 heavy (non-hydrogen) atoms. The van der Waals surface area contributed by atoms with Gasteiger partial charge in [0.15, 0.2) is 11.6 Å². The van der Waals surface area contributed by atoms with Crippen molar-refractivity contribution < 1.29 is 4.74 Å². The summed E-state index contributed by atoms with van der Waals surface area (Å²) in [5.74, 6) is 2.17. The van der Waals surface area contributed by atoms with E-state index < -0.39 is 0 Å². The predicted octanol–water partition coefficient (Wildman–Crippen LogP) is 2.48. The number of nitrogens with zero attached hydrogens (tertiary/aromatic N) is 3. The lowest BCUT2D eigenvalue weighted by Gasteiger charge is -2.30. The highest BCUT2D eigenvalue weighted by Gasteiger charge is 2.23. The van der Waals surface area contributed by atoms with Crippen molar-refractivity contribution in [2.75, 3.05) is 43.4 Å². The fourth-order valence-corrected chi connectivity index (χ4v) is 3.59. The van der Waals surface area contributed by atoms with Crippen LogP contribution < -0.4 is 20.7 Å². The topological polar surface area (TPSA) is 76.3 Å². The molecule has 0 atom stereocenters. The van der Waals surface area contributed by atoms with Crippen LogP contribution in [0.15, 0.2) is 24.3 Å². The Balaban J connectivity index is 2.10. The van der Waals surface area contributed by atoms with Crippen LogP contribution in [-0.4, -0.2) is 42.8 Å². The second-order valence-corrected chi connectivity index (χ2v) is 6.28. The standard InChI is InChI=1S/C19H23N5O/c1-3-25-17-16-13-6-4-5-7-14(13)22-12(2)15(16)18(20)23-19(17)24-10-8-21-9-11-24/h4-7,21H,3,8-11H2,1-2H3,(H2,20,23). The summed E-state index contributed by atoms with van der Waals surface area (Å²) < 4.78 is 6.11. The molecule has 130 valence electrons. The first-order valence-corrected chi connectivity index (χ1v) is 8.77. The number of para-hydroxylation sites is 1. The van der Waals surface area contributed by atoms with Crippen LogP contribution in [0.2, 0.25) is 0 Å². The first-order valence-electron chi connectivity index (χ1n) is 8.77. The number of pyridine rings is 2. The first-order chi connectivity index (χ1) is 12.2. The molecule has 0 saturated carbocycles. The van der Waals surface area contributed by atoms with Crippen LogP contribution in [0.3, 0.4) is 0 Å². The molecule has 0 radical (unpaired) electrons. The van der Waals surface area contributed by atoms with Gasteiger partial charge in [-0.05, 0) is 19.9 Å². The van der Waals surface area contributed by atoms with Gasteiger partial charge in [-0.1, -0.05) is 18.2 Å². The lowest BCUT2D eigenvalue weighted by atomic mass is 10.0. The van der Waals surface area contributed by atoms with Gasteiger partial charge in [0.2, 0.25) is 0 Å². The SMILES string of the molecule is CCOc1c(N2CCNCC2)nc(N)c2c(C)nc3ccccc3c12. The molecule has 0 aliphatic carbocycles. The van der Waals surface area contributed by atoms with Crippen molar-refractivity contribution in [2.45, 2.75) is 13.8 Å². The van der Waals surface area contributed by atoms with E-state index in [-0.39, 0.29) is 0 Å². The average Bonchev–Trinajstić information content (AvgIpc) is 2.64. The summed E-state index contributed by atoms with van der Waals surface area (Å²) in [6.07, 6.45) is 0. The molecule has 0 spiro atoms. The zero-order chi connectivity index (χ0) is 17.4. The molecule has 2 aromatic heterocycles. The van der Waals surface area contributed by atoms with E-state index in [1.54, 1.807) is 0 Å². The van der Waals surface area contributed by atoms with Crippen molar-refractivity contribution in [3.8, 4) is 5.75 Å². The zero-order valence-corrected chi connectivity index (χ0v) is 14.7. The summed E-state index contributed by atoms with van der Waals surface area (Å²) in [6, 6.07) is 8.13. The molecule has 3 heterocycles. The highest BCUT2D eigenvalue weighted by Crippen LogP contribution is 2.42. The molecule has 0 amide bonds. The van der Waals surface area contributed by atoms with Crippen molar-refractivity contribution >= 4 is 33.3 Å². The van der Waals surface area contributed by atoms with Gasteiger partial charge >= 0.3 is 0 Å². The maximum absolute atomic E-state index is 6.37. The molecule has 0 bridgehead atoms. The van der Waals surface area contributed by atoms with E-state index in [0.29, 0.717) is 12.4 Å². The highest BCUT2D eigenvalue weighted by atomic mass is 16.5. The summed E-state index contributed by atoms with van der Waals surface area (Å²) in [7, 11) is 0. The van der Waals surface area contributed by atoms with Crippen molar-refractivity contribution in [1.82, 2.24) is 15.3 Å². The average molecular weight is 337 g/mol. The number of piperazine rings is 1. The monoisotopic (exact) mass is 337 g/mol. The number of benzene rings is 1. The normalized spacial score (nSPS) is 15.0. The Morgan fingerprint density at radius 1 is 1.16 bits per heavy atom. The number of fused-ring (bicyclic) bond motifs is 3. The molecule has 6 nitrogen and oxygen atoms in total. The highest BCUT2D eigenvalue weighted by molar-refractivity contribution is 6.14. The van der Waals surface area contributed by atoms with Crippen molar-refractivity contribution in [3.63, 3.8) is 0 Å². The number of rotatable bonds is 3. The Hall–Kier alpha value is -2.60. The van der Waals surface area contributed by atoms with Crippen molar-refractivity contribution in [3.05, 3.63) is 30.0 Å². The summed E-state index contributed by atoms with van der Waals surface area (Å²) in [4.78, 5) is 11.7. The first kappa shape index (κ1) is 15.9. The molecule has 3 aromatic rings. The Labute approximate surface area is 147 Å². The Kier molecular flexibility index (Phi) is 4.05. The molecule has 1 aliphatic heterocycles. The summed E-state index contributed by atoms with van der Waals surface area (Å²) >= 11 is 0. The van der Waals surface area contributed by atoms with E-state index in [4.69, 9.17) is 20.4 Å². The van der Waals surface area contributed by atoms with Gasteiger partial charge in [-0.15, -0.1) is 0 Å². The molecule has 1 aromatic carbocycles. The van der Waals surface area contributed by atoms with Gasteiger partial charge in [-0.2, -0.15) is 0 Å². The Morgan fingerprint density at radius 3 is 2.68 bits per heavy atom. The number of anilines is 2. The molecule has 6 heteroatoms. The van der Waals surface area contributed by atoms with Gasteiger partial charge in [0.25, 0.3) is 0 Å². The number of ether oxygens (including phenoxy) is 1. The van der Waals surface area contributed by atoms with Crippen LogP contribution in [0, 0.1) is 6.92 Å². The van der Waals surface area contributed by atoms with E-state index in [0.717, 1.165) is 65.1 Å². The lowest BCUT2D eigenvalue weighted by molar-refractivity contribution is 0.343. The molecule has 3 N–H and O–H groups in total. The number of aryl methyl sites for hydroxylation is 1. The van der Waals surface area contributed by atoms with Crippen LogP contribution in [-0.2, 0) is 0 Å². The predicted molar refractivity (Wildman–Crippen MR) is 102 cm³/mol. The van der Waals surface area contributed by atoms with Crippen LogP contribution in [0.5, 0.6) is 5.75 Å². The maximum atomic E-state index is 6.37. The minimum Gasteiger partial charge on any atom is -0.489 e. The van der Waals surface area contributed by atoms with E-state index in [1.807, 2.05) is 32.0 Å².